The Hall–Kier alpha value is -3.81. The van der Waals surface area contributed by atoms with Gasteiger partial charge in [-0.15, -0.1) is 0 Å². The van der Waals surface area contributed by atoms with Crippen molar-refractivity contribution in [3.8, 4) is 0 Å². The molecular formula is C20H18N2O6. The van der Waals surface area contributed by atoms with Gasteiger partial charge in [0.1, 0.15) is 0 Å². The summed E-state index contributed by atoms with van der Waals surface area (Å²) in [6, 6.07) is 12.0. The maximum Gasteiger partial charge on any atom is 0.331 e. The second kappa shape index (κ2) is 9.22. The van der Waals surface area contributed by atoms with Crippen molar-refractivity contribution in [3.63, 3.8) is 0 Å². The number of rotatable bonds is 7. The average Bonchev–Trinajstić information content (AvgIpc) is 2.66. The van der Waals surface area contributed by atoms with Gasteiger partial charge >= 0.3 is 5.97 Å². The first-order valence-electron chi connectivity index (χ1n) is 8.31. The Balaban J connectivity index is 1.92. The van der Waals surface area contributed by atoms with Gasteiger partial charge in [-0.3, -0.25) is 19.7 Å². The molecule has 0 aromatic heterocycles. The third-order valence-corrected chi connectivity index (χ3v) is 3.71. The summed E-state index contributed by atoms with van der Waals surface area (Å²) in [4.78, 5) is 45.5. The summed E-state index contributed by atoms with van der Waals surface area (Å²) in [6.45, 7) is 2.84. The third-order valence-electron chi connectivity index (χ3n) is 3.71. The number of nitrogens with one attached hydrogen (secondary N) is 1. The van der Waals surface area contributed by atoms with Crippen LogP contribution in [0.1, 0.15) is 29.8 Å². The van der Waals surface area contributed by atoms with Crippen LogP contribution < -0.4 is 5.32 Å². The zero-order valence-electron chi connectivity index (χ0n) is 15.2. The number of Topliss-reactive ketones (excluding diaryl/α,β-unsaturated/α-hetero) is 1. The van der Waals surface area contributed by atoms with E-state index in [1.165, 1.54) is 50.3 Å². The highest BCUT2D eigenvalue weighted by atomic mass is 16.6. The van der Waals surface area contributed by atoms with E-state index in [9.17, 15) is 24.5 Å². The SMILES string of the molecule is CC(=O)c1cccc(NC(=O)[C@@H](C)OC(=O)/C=C/c2ccc([N+](=O)[O-])cc2)c1. The lowest BCUT2D eigenvalue weighted by Crippen LogP contribution is -2.29. The molecule has 1 N–H and O–H groups in total. The van der Waals surface area contributed by atoms with E-state index in [2.05, 4.69) is 5.32 Å². The van der Waals surface area contributed by atoms with Crippen LogP contribution in [0.4, 0.5) is 11.4 Å². The predicted octanol–water partition coefficient (Wildman–Crippen LogP) is 3.38. The highest BCUT2D eigenvalue weighted by Crippen LogP contribution is 2.14. The standard InChI is InChI=1S/C20H18N2O6/c1-13(23)16-4-3-5-17(12-16)21-20(25)14(2)28-19(24)11-8-15-6-9-18(10-7-15)22(26)27/h3-12,14H,1-2H3,(H,21,25)/b11-8+/t14-/m1/s1. The van der Waals surface area contributed by atoms with Gasteiger partial charge in [-0.1, -0.05) is 12.1 Å². The predicted molar refractivity (Wildman–Crippen MR) is 103 cm³/mol. The van der Waals surface area contributed by atoms with Gasteiger partial charge in [0.2, 0.25) is 0 Å². The fourth-order valence-corrected chi connectivity index (χ4v) is 2.20. The van der Waals surface area contributed by atoms with E-state index in [0.29, 0.717) is 16.8 Å². The van der Waals surface area contributed by atoms with Gasteiger partial charge in [0.25, 0.3) is 11.6 Å². The smallest absolute Gasteiger partial charge is 0.331 e. The van der Waals surface area contributed by atoms with E-state index in [1.807, 2.05) is 0 Å². The Labute approximate surface area is 161 Å². The van der Waals surface area contributed by atoms with Gasteiger partial charge in [0, 0.05) is 29.5 Å². The molecule has 0 unspecified atom stereocenters. The van der Waals surface area contributed by atoms with Crippen LogP contribution >= 0.6 is 0 Å². The van der Waals surface area contributed by atoms with Crippen LogP contribution in [0.3, 0.4) is 0 Å². The molecule has 2 aromatic carbocycles. The summed E-state index contributed by atoms with van der Waals surface area (Å²) >= 11 is 0. The van der Waals surface area contributed by atoms with Crippen LogP contribution in [0.15, 0.2) is 54.6 Å². The van der Waals surface area contributed by atoms with Crippen LogP contribution in [-0.2, 0) is 14.3 Å². The van der Waals surface area contributed by atoms with Crippen molar-refractivity contribution in [1.29, 1.82) is 0 Å². The molecule has 144 valence electrons. The van der Waals surface area contributed by atoms with E-state index < -0.39 is 22.9 Å². The first kappa shape index (κ1) is 20.5. The number of ketones is 1. The molecule has 28 heavy (non-hydrogen) atoms. The monoisotopic (exact) mass is 382 g/mol. The summed E-state index contributed by atoms with van der Waals surface area (Å²) in [5.74, 6) is -1.41. The zero-order valence-corrected chi connectivity index (χ0v) is 15.2. The Morgan fingerprint density at radius 3 is 2.43 bits per heavy atom. The summed E-state index contributed by atoms with van der Waals surface area (Å²) in [5.41, 5.74) is 1.38. The zero-order chi connectivity index (χ0) is 20.7. The third kappa shape index (κ3) is 5.87. The van der Waals surface area contributed by atoms with Gasteiger partial charge in [-0.2, -0.15) is 0 Å². The number of carbonyl (C=O) groups excluding carboxylic acids is 3. The lowest BCUT2D eigenvalue weighted by atomic mass is 10.1. The maximum atomic E-state index is 12.1. The van der Waals surface area contributed by atoms with Crippen LogP contribution in [0.2, 0.25) is 0 Å². The molecular weight excluding hydrogens is 364 g/mol. The minimum Gasteiger partial charge on any atom is -0.449 e. The normalized spacial score (nSPS) is 11.6. The van der Waals surface area contributed by atoms with Gasteiger partial charge in [-0.25, -0.2) is 4.79 Å². The number of hydrogen-bond acceptors (Lipinski definition) is 6. The largest absolute Gasteiger partial charge is 0.449 e. The molecule has 0 saturated carbocycles. The molecule has 2 rings (SSSR count). The number of esters is 1. The molecule has 0 heterocycles. The summed E-state index contributed by atoms with van der Waals surface area (Å²) in [5, 5.41) is 13.2. The van der Waals surface area contributed by atoms with Crippen molar-refractivity contribution < 1.29 is 24.0 Å². The highest BCUT2D eigenvalue weighted by molar-refractivity contribution is 5.99. The number of nitrogens with zero attached hydrogens (tertiary/aromatic N) is 1. The van der Waals surface area contributed by atoms with Crippen molar-refractivity contribution in [2.45, 2.75) is 20.0 Å². The lowest BCUT2D eigenvalue weighted by molar-refractivity contribution is -0.384. The highest BCUT2D eigenvalue weighted by Gasteiger charge is 2.17. The number of amides is 1. The quantitative estimate of drug-likeness (QED) is 0.258. The molecule has 0 saturated heterocycles. The van der Waals surface area contributed by atoms with E-state index in [4.69, 9.17) is 4.74 Å². The van der Waals surface area contributed by atoms with Gasteiger partial charge in [0.15, 0.2) is 11.9 Å². The van der Waals surface area contributed by atoms with Gasteiger partial charge < -0.3 is 10.1 Å². The molecule has 0 fully saturated rings. The fourth-order valence-electron chi connectivity index (χ4n) is 2.20. The van der Waals surface area contributed by atoms with Crippen molar-refractivity contribution in [2.24, 2.45) is 0 Å². The van der Waals surface area contributed by atoms with E-state index >= 15 is 0 Å². The number of carbonyl (C=O) groups is 3. The molecule has 1 amide bonds. The summed E-state index contributed by atoms with van der Waals surface area (Å²) < 4.78 is 5.03. The van der Waals surface area contributed by atoms with Crippen molar-refractivity contribution in [1.82, 2.24) is 0 Å². The van der Waals surface area contributed by atoms with Crippen LogP contribution in [0.25, 0.3) is 6.08 Å². The Bertz CT molecular complexity index is 934. The minimum atomic E-state index is -1.06. The number of benzene rings is 2. The molecule has 0 aliphatic rings. The number of nitro benzene ring substituents is 1. The topological polar surface area (TPSA) is 116 Å². The molecule has 0 bridgehead atoms. The average molecular weight is 382 g/mol. The van der Waals surface area contributed by atoms with Gasteiger partial charge in [-0.05, 0) is 49.8 Å². The second-order valence-corrected chi connectivity index (χ2v) is 5.89. The lowest BCUT2D eigenvalue weighted by Gasteiger charge is -2.12. The van der Waals surface area contributed by atoms with E-state index in [-0.39, 0.29) is 11.5 Å². The number of non-ortho nitro benzene ring substituents is 1. The van der Waals surface area contributed by atoms with Crippen LogP contribution in [0.5, 0.6) is 0 Å². The summed E-state index contributed by atoms with van der Waals surface area (Å²) in [6.07, 6.45) is 1.49. The molecule has 1 atom stereocenters. The molecule has 0 aliphatic heterocycles. The van der Waals surface area contributed by atoms with E-state index in [0.717, 1.165) is 6.08 Å². The Morgan fingerprint density at radius 2 is 1.82 bits per heavy atom. The molecule has 0 spiro atoms. The Kier molecular flexibility index (Phi) is 6.75. The van der Waals surface area contributed by atoms with Crippen molar-refractivity contribution >= 4 is 35.1 Å². The van der Waals surface area contributed by atoms with Gasteiger partial charge in [0.05, 0.1) is 4.92 Å². The number of nitro groups is 1. The van der Waals surface area contributed by atoms with Crippen molar-refractivity contribution in [3.05, 3.63) is 75.8 Å². The minimum absolute atomic E-state index is 0.0566. The molecule has 8 heteroatoms. The maximum absolute atomic E-state index is 12.1. The first-order chi connectivity index (χ1) is 13.3. The number of anilines is 1. The molecule has 0 aliphatic carbocycles. The summed E-state index contributed by atoms with van der Waals surface area (Å²) in [7, 11) is 0. The van der Waals surface area contributed by atoms with Crippen LogP contribution in [-0.4, -0.2) is 28.7 Å². The fraction of sp³-hybridized carbons (Fsp3) is 0.150. The second-order valence-electron chi connectivity index (χ2n) is 5.89. The van der Waals surface area contributed by atoms with Crippen molar-refractivity contribution in [2.75, 3.05) is 5.32 Å². The van der Waals surface area contributed by atoms with Crippen LogP contribution in [0, 0.1) is 10.1 Å². The molecule has 2 aromatic rings. The first-order valence-corrected chi connectivity index (χ1v) is 8.31. The van der Waals surface area contributed by atoms with E-state index in [1.54, 1.807) is 18.2 Å². The number of ether oxygens (including phenoxy) is 1. The molecule has 8 nitrogen and oxygen atoms in total. The molecule has 0 radical (unpaired) electrons. The Morgan fingerprint density at radius 1 is 1.14 bits per heavy atom. The number of hydrogen-bond donors (Lipinski definition) is 1.